The maximum atomic E-state index is 5.40. The van der Waals surface area contributed by atoms with E-state index in [1.165, 1.54) is 6.33 Å². The molecule has 7 nitrogen and oxygen atoms in total. The molecule has 0 unspecified atom stereocenters. The van der Waals surface area contributed by atoms with Crippen LogP contribution in [0.3, 0.4) is 0 Å². The highest BCUT2D eigenvalue weighted by Crippen LogP contribution is 2.12. The molecule has 1 heterocycles. The van der Waals surface area contributed by atoms with E-state index in [0.29, 0.717) is 6.54 Å². The summed E-state index contributed by atoms with van der Waals surface area (Å²) in [4.78, 5) is 3.90. The molecule has 0 saturated heterocycles. The molecule has 2 rings (SSSR count). The Balaban J connectivity index is 2.24. The van der Waals surface area contributed by atoms with Gasteiger partial charge in [0.1, 0.15) is 18.4 Å². The van der Waals surface area contributed by atoms with Gasteiger partial charge in [-0.15, -0.1) is 0 Å². The van der Waals surface area contributed by atoms with Gasteiger partial charge in [-0.25, -0.2) is 9.67 Å². The van der Waals surface area contributed by atoms with Crippen LogP contribution in [0.4, 0.5) is 0 Å². The summed E-state index contributed by atoms with van der Waals surface area (Å²) in [6.45, 7) is 0.446. The molecular weight excluding hydrogens is 276 g/mol. The van der Waals surface area contributed by atoms with E-state index in [9.17, 15) is 0 Å². The van der Waals surface area contributed by atoms with Gasteiger partial charge in [0.2, 0.25) is 0 Å². The topological polar surface area (TPSA) is 90.3 Å². The molecule has 0 aliphatic heterocycles. The van der Waals surface area contributed by atoms with Crippen molar-refractivity contribution in [3.63, 3.8) is 0 Å². The van der Waals surface area contributed by atoms with Crippen molar-refractivity contribution in [2.45, 2.75) is 6.54 Å². The number of aromatic nitrogens is 3. The fourth-order valence-electron chi connectivity index (χ4n) is 1.56. The summed E-state index contributed by atoms with van der Waals surface area (Å²) in [7, 11) is 1.62. The van der Waals surface area contributed by atoms with Crippen LogP contribution in [0.1, 0.15) is 5.56 Å². The first-order chi connectivity index (χ1) is 9.69. The number of thiocarbonyl (C=S) groups is 1. The molecule has 0 bridgehead atoms. The van der Waals surface area contributed by atoms with Crippen molar-refractivity contribution in [1.29, 1.82) is 0 Å². The largest absolute Gasteiger partial charge is 0.497 e. The predicted octanol–water partition coefficient (Wildman–Crippen LogP) is 0.524. The fraction of sp³-hybridized carbons (Fsp3) is 0.167. The summed E-state index contributed by atoms with van der Waals surface area (Å²) in [5.41, 5.74) is 9.62. The number of hydrogen-bond acceptors (Lipinski definition) is 5. The van der Waals surface area contributed by atoms with Gasteiger partial charge in [0, 0.05) is 0 Å². The van der Waals surface area contributed by atoms with Gasteiger partial charge in [-0.1, -0.05) is 0 Å². The Morgan fingerprint density at radius 1 is 1.45 bits per heavy atom. The van der Waals surface area contributed by atoms with Crippen LogP contribution in [0.25, 0.3) is 0 Å². The van der Waals surface area contributed by atoms with Gasteiger partial charge in [-0.05, 0) is 42.0 Å². The van der Waals surface area contributed by atoms with Gasteiger partial charge in [-0.3, -0.25) is 5.43 Å². The van der Waals surface area contributed by atoms with Crippen molar-refractivity contribution in [2.75, 3.05) is 7.11 Å². The van der Waals surface area contributed by atoms with Gasteiger partial charge in [0.15, 0.2) is 5.11 Å². The van der Waals surface area contributed by atoms with Crippen LogP contribution in [-0.4, -0.2) is 32.7 Å². The lowest BCUT2D eigenvalue weighted by molar-refractivity contribution is 0.415. The lowest BCUT2D eigenvalue weighted by Gasteiger charge is -2.08. The maximum Gasteiger partial charge on any atom is 0.184 e. The van der Waals surface area contributed by atoms with Crippen LogP contribution in [-0.2, 0) is 6.54 Å². The highest BCUT2D eigenvalue weighted by molar-refractivity contribution is 7.80. The summed E-state index contributed by atoms with van der Waals surface area (Å²) in [6.07, 6.45) is 3.08. The molecule has 8 heteroatoms. The van der Waals surface area contributed by atoms with Gasteiger partial charge in [0.25, 0.3) is 0 Å². The molecule has 1 aromatic carbocycles. The first-order valence-electron chi connectivity index (χ1n) is 5.78. The molecule has 2 aromatic rings. The summed E-state index contributed by atoms with van der Waals surface area (Å²) >= 11 is 4.76. The van der Waals surface area contributed by atoms with Gasteiger partial charge >= 0.3 is 0 Å². The molecule has 0 atom stereocenters. The first kappa shape index (κ1) is 13.9. The quantitative estimate of drug-likeness (QED) is 0.474. The van der Waals surface area contributed by atoms with Crippen LogP contribution in [0.2, 0.25) is 0 Å². The van der Waals surface area contributed by atoms with Gasteiger partial charge in [-0.2, -0.15) is 10.2 Å². The average Bonchev–Trinajstić information content (AvgIpc) is 2.96. The normalized spacial score (nSPS) is 11.2. The van der Waals surface area contributed by atoms with Crippen LogP contribution >= 0.6 is 12.2 Å². The SMILES string of the molecule is COc1ccc(C(Cn2cncn2)=NNC(N)=S)cc1. The maximum absolute atomic E-state index is 5.40. The summed E-state index contributed by atoms with van der Waals surface area (Å²) in [5.74, 6) is 0.774. The van der Waals surface area contributed by atoms with Crippen molar-refractivity contribution >= 4 is 23.0 Å². The molecule has 0 fully saturated rings. The number of rotatable bonds is 5. The number of methoxy groups -OCH3 is 1. The zero-order valence-corrected chi connectivity index (χ0v) is 11.7. The van der Waals surface area contributed by atoms with Crippen LogP contribution in [0, 0.1) is 0 Å². The van der Waals surface area contributed by atoms with Crippen molar-refractivity contribution < 1.29 is 4.74 Å². The van der Waals surface area contributed by atoms with Gasteiger partial charge < -0.3 is 10.5 Å². The summed E-state index contributed by atoms with van der Waals surface area (Å²) in [5, 5.41) is 8.35. The molecular formula is C12H14N6OS. The third-order valence-electron chi connectivity index (χ3n) is 2.50. The Kier molecular flexibility index (Phi) is 4.61. The fourth-order valence-corrected chi connectivity index (χ4v) is 1.61. The number of nitrogens with zero attached hydrogens (tertiary/aromatic N) is 4. The Labute approximate surface area is 121 Å². The minimum absolute atomic E-state index is 0.106. The third-order valence-corrected chi connectivity index (χ3v) is 2.59. The van der Waals surface area contributed by atoms with E-state index >= 15 is 0 Å². The summed E-state index contributed by atoms with van der Waals surface area (Å²) < 4.78 is 6.79. The Morgan fingerprint density at radius 2 is 2.20 bits per heavy atom. The van der Waals surface area contributed by atoms with E-state index in [4.69, 9.17) is 22.7 Å². The molecule has 104 valence electrons. The average molecular weight is 290 g/mol. The summed E-state index contributed by atoms with van der Waals surface area (Å²) in [6, 6.07) is 7.51. The minimum atomic E-state index is 0.106. The number of benzene rings is 1. The molecule has 3 N–H and O–H groups in total. The van der Waals surface area contributed by atoms with Crippen molar-refractivity contribution in [3.05, 3.63) is 42.5 Å². The van der Waals surface area contributed by atoms with E-state index < -0.39 is 0 Å². The number of hydrogen-bond donors (Lipinski definition) is 2. The highest BCUT2D eigenvalue weighted by atomic mass is 32.1. The molecule has 0 amide bonds. The molecule has 0 radical (unpaired) electrons. The molecule has 0 aliphatic rings. The lowest BCUT2D eigenvalue weighted by Crippen LogP contribution is -2.27. The minimum Gasteiger partial charge on any atom is -0.497 e. The second-order valence-electron chi connectivity index (χ2n) is 3.86. The van der Waals surface area contributed by atoms with E-state index in [-0.39, 0.29) is 5.11 Å². The van der Waals surface area contributed by atoms with Crippen molar-refractivity contribution in [2.24, 2.45) is 10.8 Å². The predicted molar refractivity (Wildman–Crippen MR) is 79.5 cm³/mol. The molecule has 1 aromatic heterocycles. The zero-order chi connectivity index (χ0) is 14.4. The van der Waals surface area contributed by atoms with E-state index in [1.807, 2.05) is 24.3 Å². The number of ether oxygens (including phenoxy) is 1. The number of hydrazone groups is 1. The molecule has 0 aliphatic carbocycles. The first-order valence-corrected chi connectivity index (χ1v) is 6.18. The van der Waals surface area contributed by atoms with Crippen molar-refractivity contribution in [1.82, 2.24) is 20.2 Å². The monoisotopic (exact) mass is 290 g/mol. The van der Waals surface area contributed by atoms with E-state index in [1.54, 1.807) is 18.1 Å². The van der Waals surface area contributed by atoms with Crippen LogP contribution in [0.15, 0.2) is 42.0 Å². The smallest absolute Gasteiger partial charge is 0.184 e. The highest BCUT2D eigenvalue weighted by Gasteiger charge is 2.06. The van der Waals surface area contributed by atoms with E-state index in [0.717, 1.165) is 17.0 Å². The zero-order valence-electron chi connectivity index (χ0n) is 10.9. The Morgan fingerprint density at radius 3 is 2.75 bits per heavy atom. The second kappa shape index (κ2) is 6.62. The van der Waals surface area contributed by atoms with Crippen molar-refractivity contribution in [3.8, 4) is 5.75 Å². The Bertz CT molecular complexity index is 593. The molecule has 0 spiro atoms. The second-order valence-corrected chi connectivity index (χ2v) is 4.30. The van der Waals surface area contributed by atoms with E-state index in [2.05, 4.69) is 20.6 Å². The standard InChI is InChI=1S/C12H14N6OS/c1-19-10-4-2-9(3-5-10)11(16-17-12(13)20)6-18-8-14-7-15-18/h2-5,7-8H,6H2,1H3,(H3,13,17,20). The third kappa shape index (κ3) is 3.75. The number of nitrogens with two attached hydrogens (primary N) is 1. The lowest BCUT2D eigenvalue weighted by atomic mass is 10.1. The molecule has 20 heavy (non-hydrogen) atoms. The Hall–Kier alpha value is -2.48. The van der Waals surface area contributed by atoms with Crippen LogP contribution in [0.5, 0.6) is 5.75 Å². The molecule has 0 saturated carbocycles. The number of nitrogens with one attached hydrogen (secondary N) is 1. The van der Waals surface area contributed by atoms with Crippen LogP contribution < -0.4 is 15.9 Å². The van der Waals surface area contributed by atoms with Gasteiger partial charge in [0.05, 0.1) is 19.4 Å².